The number of anilines is 1. The third-order valence-electron chi connectivity index (χ3n) is 2.77. The molecule has 0 aliphatic carbocycles. The Morgan fingerprint density at radius 3 is 2.67 bits per heavy atom. The maximum atomic E-state index is 11.3. The molecule has 1 aromatic heterocycles. The lowest BCUT2D eigenvalue weighted by Gasteiger charge is -2.20. The molecule has 1 N–H and O–H groups in total. The van der Waals surface area contributed by atoms with Crippen LogP contribution in [0.15, 0.2) is 6.20 Å². The second-order valence-corrected chi connectivity index (χ2v) is 4.70. The summed E-state index contributed by atoms with van der Waals surface area (Å²) in [4.78, 5) is 21.5. The van der Waals surface area contributed by atoms with Crippen molar-refractivity contribution in [3.05, 3.63) is 17.7 Å². The minimum atomic E-state index is -1.00. The second kappa shape index (κ2) is 6.33. The third kappa shape index (κ3) is 3.42. The molecule has 0 saturated heterocycles. The predicted molar refractivity (Wildman–Crippen MR) is 71.3 cm³/mol. The minimum absolute atomic E-state index is 0.0901. The molecule has 0 aliphatic rings. The van der Waals surface area contributed by atoms with E-state index in [1.165, 1.54) is 0 Å². The van der Waals surface area contributed by atoms with Crippen molar-refractivity contribution in [2.45, 2.75) is 39.5 Å². The average Bonchev–Trinajstić information content (AvgIpc) is 2.34. The van der Waals surface area contributed by atoms with Gasteiger partial charge in [0.1, 0.15) is 5.82 Å². The van der Waals surface area contributed by atoms with Crippen molar-refractivity contribution in [3.8, 4) is 0 Å². The molecule has 0 aromatic carbocycles. The lowest BCUT2D eigenvalue weighted by molar-refractivity contribution is 0.0690. The summed E-state index contributed by atoms with van der Waals surface area (Å²) in [6, 6.07) is 0. The smallest absolute Gasteiger partial charge is 0.356 e. The maximum absolute atomic E-state index is 11.3. The molecule has 0 saturated carbocycles. The van der Waals surface area contributed by atoms with Crippen LogP contribution in [-0.2, 0) is 0 Å². The molecule has 5 nitrogen and oxygen atoms in total. The zero-order chi connectivity index (χ0) is 13.7. The average molecular weight is 251 g/mol. The number of carboxylic acid groups (broad SMARTS) is 1. The highest BCUT2D eigenvalue weighted by atomic mass is 16.4. The third-order valence-corrected chi connectivity index (χ3v) is 2.77. The van der Waals surface area contributed by atoms with E-state index in [0.29, 0.717) is 11.5 Å². The highest BCUT2D eigenvalue weighted by Crippen LogP contribution is 2.19. The number of hydrogen-bond donors (Lipinski definition) is 1. The number of rotatable bonds is 6. The van der Waals surface area contributed by atoms with Crippen molar-refractivity contribution in [1.29, 1.82) is 0 Å². The molecule has 0 unspecified atom stereocenters. The number of aromatic nitrogens is 2. The summed E-state index contributed by atoms with van der Waals surface area (Å²) in [6.45, 7) is 6.80. The largest absolute Gasteiger partial charge is 0.476 e. The van der Waals surface area contributed by atoms with Crippen molar-refractivity contribution < 1.29 is 9.90 Å². The predicted octanol–water partition coefficient (Wildman–Crippen LogP) is 2.53. The van der Waals surface area contributed by atoms with Gasteiger partial charge in [-0.25, -0.2) is 14.8 Å². The van der Waals surface area contributed by atoms with E-state index < -0.39 is 5.97 Å². The zero-order valence-corrected chi connectivity index (χ0v) is 11.5. The lowest BCUT2D eigenvalue weighted by atomic mass is 10.2. The molecule has 0 atom stereocenters. The summed E-state index contributed by atoms with van der Waals surface area (Å²) in [5, 5.41) is 9.23. The first kappa shape index (κ1) is 14.4. The normalized spacial score (nSPS) is 10.7. The summed E-state index contributed by atoms with van der Waals surface area (Å²) in [5.41, 5.74) is 0.674. The number of hydrogen-bond acceptors (Lipinski definition) is 4. The summed E-state index contributed by atoms with van der Waals surface area (Å²) in [7, 11) is 1.87. The quantitative estimate of drug-likeness (QED) is 0.841. The van der Waals surface area contributed by atoms with Crippen LogP contribution in [0.25, 0.3) is 0 Å². The van der Waals surface area contributed by atoms with Gasteiger partial charge in [0.05, 0.1) is 11.9 Å². The highest BCUT2D eigenvalue weighted by Gasteiger charge is 2.17. The van der Waals surface area contributed by atoms with Crippen molar-refractivity contribution in [2.75, 3.05) is 18.5 Å². The number of carboxylic acids is 1. The molecule has 0 fully saturated rings. The van der Waals surface area contributed by atoms with Gasteiger partial charge in [0.2, 0.25) is 0 Å². The van der Waals surface area contributed by atoms with E-state index in [4.69, 9.17) is 0 Å². The standard InChI is InChI=1S/C13H21N3O2/c1-5-6-7-16(4)10-8-14-12(9(2)3)15-11(10)13(17)18/h8-9H,5-7H2,1-4H3,(H,17,18). The van der Waals surface area contributed by atoms with Gasteiger partial charge >= 0.3 is 5.97 Å². The van der Waals surface area contributed by atoms with Crippen molar-refractivity contribution in [3.63, 3.8) is 0 Å². The Balaban J connectivity index is 3.07. The Bertz CT molecular complexity index is 419. The van der Waals surface area contributed by atoms with E-state index in [2.05, 4.69) is 16.9 Å². The fraction of sp³-hybridized carbons (Fsp3) is 0.615. The van der Waals surface area contributed by atoms with Crippen LogP contribution in [0.4, 0.5) is 5.69 Å². The number of aromatic carboxylic acids is 1. The van der Waals surface area contributed by atoms with Gasteiger partial charge in [-0.1, -0.05) is 27.2 Å². The molecular weight excluding hydrogens is 230 g/mol. The molecule has 18 heavy (non-hydrogen) atoms. The molecule has 1 heterocycles. The second-order valence-electron chi connectivity index (χ2n) is 4.70. The molecule has 0 spiro atoms. The first-order chi connectivity index (χ1) is 8.47. The molecule has 0 amide bonds. The van der Waals surface area contributed by atoms with Crippen LogP contribution in [0.3, 0.4) is 0 Å². The minimum Gasteiger partial charge on any atom is -0.476 e. The Labute approximate surface area is 108 Å². The van der Waals surface area contributed by atoms with Crippen LogP contribution in [0, 0.1) is 0 Å². The number of carbonyl (C=O) groups is 1. The van der Waals surface area contributed by atoms with Gasteiger partial charge in [-0.15, -0.1) is 0 Å². The Morgan fingerprint density at radius 2 is 2.17 bits per heavy atom. The molecule has 5 heteroatoms. The van der Waals surface area contributed by atoms with Gasteiger partial charge < -0.3 is 10.0 Å². The Kier molecular flexibility index (Phi) is 5.07. The van der Waals surface area contributed by atoms with Crippen LogP contribution >= 0.6 is 0 Å². The van der Waals surface area contributed by atoms with E-state index in [1.807, 2.05) is 25.8 Å². The lowest BCUT2D eigenvalue weighted by Crippen LogP contribution is -2.23. The van der Waals surface area contributed by atoms with Crippen LogP contribution < -0.4 is 4.90 Å². The van der Waals surface area contributed by atoms with Gasteiger partial charge in [-0.05, 0) is 6.42 Å². The van der Waals surface area contributed by atoms with Gasteiger partial charge in [0.15, 0.2) is 5.69 Å². The summed E-state index contributed by atoms with van der Waals surface area (Å²) in [5.74, 6) is -0.309. The topological polar surface area (TPSA) is 66.3 Å². The molecule has 0 bridgehead atoms. The fourth-order valence-electron chi connectivity index (χ4n) is 1.62. The van der Waals surface area contributed by atoms with E-state index in [0.717, 1.165) is 19.4 Å². The Morgan fingerprint density at radius 1 is 1.50 bits per heavy atom. The first-order valence-corrected chi connectivity index (χ1v) is 6.28. The van der Waals surface area contributed by atoms with Crippen LogP contribution in [-0.4, -0.2) is 34.6 Å². The monoisotopic (exact) mass is 251 g/mol. The van der Waals surface area contributed by atoms with Gasteiger partial charge in [0, 0.05) is 19.5 Å². The molecule has 1 aromatic rings. The number of nitrogens with zero attached hydrogens (tertiary/aromatic N) is 3. The van der Waals surface area contributed by atoms with Crippen molar-refractivity contribution >= 4 is 11.7 Å². The van der Waals surface area contributed by atoms with Gasteiger partial charge in [-0.2, -0.15) is 0 Å². The van der Waals surface area contributed by atoms with Crippen molar-refractivity contribution in [1.82, 2.24) is 9.97 Å². The van der Waals surface area contributed by atoms with E-state index in [9.17, 15) is 9.90 Å². The van der Waals surface area contributed by atoms with Crippen molar-refractivity contribution in [2.24, 2.45) is 0 Å². The van der Waals surface area contributed by atoms with Gasteiger partial charge in [0.25, 0.3) is 0 Å². The SMILES string of the molecule is CCCCN(C)c1cnc(C(C)C)nc1C(=O)O. The van der Waals surface area contributed by atoms with Crippen LogP contribution in [0.5, 0.6) is 0 Å². The molecule has 100 valence electrons. The van der Waals surface area contributed by atoms with E-state index in [-0.39, 0.29) is 11.6 Å². The molecule has 0 aliphatic heterocycles. The summed E-state index contributed by atoms with van der Waals surface area (Å²) >= 11 is 0. The molecular formula is C13H21N3O2. The fourth-order valence-corrected chi connectivity index (χ4v) is 1.62. The van der Waals surface area contributed by atoms with E-state index >= 15 is 0 Å². The van der Waals surface area contributed by atoms with Crippen LogP contribution in [0.1, 0.15) is 55.8 Å². The van der Waals surface area contributed by atoms with Crippen LogP contribution in [0.2, 0.25) is 0 Å². The summed E-state index contributed by atoms with van der Waals surface area (Å²) in [6.07, 6.45) is 3.70. The Hall–Kier alpha value is -1.65. The zero-order valence-electron chi connectivity index (χ0n) is 11.5. The highest BCUT2D eigenvalue weighted by molar-refractivity contribution is 5.91. The summed E-state index contributed by atoms with van der Waals surface area (Å²) < 4.78 is 0. The van der Waals surface area contributed by atoms with E-state index in [1.54, 1.807) is 6.20 Å². The maximum Gasteiger partial charge on any atom is 0.356 e. The first-order valence-electron chi connectivity index (χ1n) is 6.28. The molecule has 1 rings (SSSR count). The van der Waals surface area contributed by atoms with Gasteiger partial charge in [-0.3, -0.25) is 0 Å². The number of unbranched alkanes of at least 4 members (excludes halogenated alkanes) is 1. The molecule has 0 radical (unpaired) electrons.